The Morgan fingerprint density at radius 2 is 2.10 bits per heavy atom. The molecule has 2 aromatic rings. The van der Waals surface area contributed by atoms with Crippen LogP contribution in [-0.4, -0.2) is 13.2 Å². The molecule has 1 unspecified atom stereocenters. The first-order valence-electron chi connectivity index (χ1n) is 6.87. The van der Waals surface area contributed by atoms with Crippen molar-refractivity contribution in [1.29, 1.82) is 0 Å². The van der Waals surface area contributed by atoms with Crippen LogP contribution in [0.2, 0.25) is 0 Å². The second-order valence-electron chi connectivity index (χ2n) is 4.57. The Bertz CT molecular complexity index is 567. The van der Waals surface area contributed by atoms with Crippen LogP contribution < -0.4 is 10.1 Å². The summed E-state index contributed by atoms with van der Waals surface area (Å²) in [5.74, 6) is 0.904. The number of benzene rings is 1. The van der Waals surface area contributed by atoms with Crippen LogP contribution >= 0.6 is 27.3 Å². The van der Waals surface area contributed by atoms with Crippen LogP contribution in [0, 0.1) is 6.92 Å². The van der Waals surface area contributed by atoms with E-state index in [1.54, 1.807) is 11.3 Å². The van der Waals surface area contributed by atoms with Crippen molar-refractivity contribution in [2.45, 2.75) is 26.8 Å². The van der Waals surface area contributed by atoms with Crippen molar-refractivity contribution in [2.75, 3.05) is 13.2 Å². The zero-order valence-corrected chi connectivity index (χ0v) is 14.5. The molecule has 0 amide bonds. The normalized spacial score (nSPS) is 12.4. The zero-order valence-electron chi connectivity index (χ0n) is 12.1. The predicted octanol–water partition coefficient (Wildman–Crippen LogP) is 4.92. The molecule has 0 spiro atoms. The molecule has 0 bridgehead atoms. The highest BCUT2D eigenvalue weighted by molar-refractivity contribution is 9.10. The maximum Gasteiger partial charge on any atom is 0.120 e. The molecule has 2 nitrogen and oxygen atoms in total. The minimum atomic E-state index is 0.227. The smallest absolute Gasteiger partial charge is 0.120 e. The molecule has 0 saturated heterocycles. The van der Waals surface area contributed by atoms with Gasteiger partial charge in [-0.1, -0.05) is 28.9 Å². The molecule has 0 aliphatic carbocycles. The van der Waals surface area contributed by atoms with Crippen molar-refractivity contribution in [3.05, 3.63) is 50.1 Å². The average molecular weight is 354 g/mol. The highest BCUT2D eigenvalue weighted by Crippen LogP contribution is 2.35. The Kier molecular flexibility index (Phi) is 5.64. The third-order valence-electron chi connectivity index (χ3n) is 3.17. The number of halogens is 1. The Morgan fingerprint density at radius 3 is 2.65 bits per heavy atom. The van der Waals surface area contributed by atoms with Gasteiger partial charge in [0.1, 0.15) is 5.75 Å². The second kappa shape index (κ2) is 7.25. The first kappa shape index (κ1) is 15.5. The summed E-state index contributed by atoms with van der Waals surface area (Å²) in [6.07, 6.45) is 0. The van der Waals surface area contributed by atoms with Crippen LogP contribution in [0.25, 0.3) is 0 Å². The lowest BCUT2D eigenvalue weighted by Gasteiger charge is -2.20. The molecule has 0 aliphatic rings. The lowest BCUT2D eigenvalue weighted by molar-refractivity contribution is 0.340. The number of rotatable bonds is 6. The molecule has 0 aliphatic heterocycles. The maximum atomic E-state index is 5.55. The molecule has 0 saturated carbocycles. The summed E-state index contributed by atoms with van der Waals surface area (Å²) in [4.78, 5) is 1.37. The van der Waals surface area contributed by atoms with E-state index in [1.807, 2.05) is 19.1 Å². The summed E-state index contributed by atoms with van der Waals surface area (Å²) in [6, 6.07) is 8.63. The number of nitrogens with one attached hydrogen (secondary N) is 1. The van der Waals surface area contributed by atoms with Gasteiger partial charge >= 0.3 is 0 Å². The van der Waals surface area contributed by atoms with E-state index in [1.165, 1.54) is 16.0 Å². The number of hydrogen-bond donors (Lipinski definition) is 1. The van der Waals surface area contributed by atoms with Crippen LogP contribution in [0.4, 0.5) is 0 Å². The zero-order chi connectivity index (χ0) is 14.5. The Hall–Kier alpha value is -0.840. The lowest BCUT2D eigenvalue weighted by atomic mass is 10.0. The Morgan fingerprint density at radius 1 is 1.30 bits per heavy atom. The van der Waals surface area contributed by atoms with E-state index in [4.69, 9.17) is 4.74 Å². The summed E-state index contributed by atoms with van der Waals surface area (Å²) in [6.45, 7) is 7.92. The molecule has 108 valence electrons. The van der Waals surface area contributed by atoms with E-state index in [2.05, 4.69) is 52.6 Å². The second-order valence-corrected chi connectivity index (χ2v) is 6.38. The third kappa shape index (κ3) is 3.43. The summed E-state index contributed by atoms with van der Waals surface area (Å²) in [5.41, 5.74) is 2.59. The standard InChI is InChI=1S/C16H20BrNOS/c1-4-18-15(16-11(3)8-9-20-16)13-7-6-12(19-5-2)10-14(13)17/h6-10,15,18H,4-5H2,1-3H3. The quantitative estimate of drug-likeness (QED) is 0.795. The summed E-state index contributed by atoms with van der Waals surface area (Å²) >= 11 is 5.48. The maximum absolute atomic E-state index is 5.55. The number of aryl methyl sites for hydroxylation is 1. The molecule has 1 aromatic heterocycles. The van der Waals surface area contributed by atoms with Gasteiger partial charge in [-0.15, -0.1) is 11.3 Å². The molecular formula is C16H20BrNOS. The number of ether oxygens (including phenoxy) is 1. The van der Waals surface area contributed by atoms with E-state index in [0.717, 1.165) is 16.8 Å². The van der Waals surface area contributed by atoms with Crippen molar-refractivity contribution >= 4 is 27.3 Å². The molecule has 1 aromatic carbocycles. The molecule has 2 rings (SSSR count). The Labute approximate surface area is 133 Å². The van der Waals surface area contributed by atoms with Crippen molar-refractivity contribution < 1.29 is 4.74 Å². The van der Waals surface area contributed by atoms with Gasteiger partial charge in [0, 0.05) is 9.35 Å². The predicted molar refractivity (Wildman–Crippen MR) is 89.9 cm³/mol. The van der Waals surface area contributed by atoms with Gasteiger partial charge in [0.25, 0.3) is 0 Å². The molecule has 4 heteroatoms. The van der Waals surface area contributed by atoms with Crippen LogP contribution in [0.5, 0.6) is 5.75 Å². The van der Waals surface area contributed by atoms with Gasteiger partial charge in [-0.05, 0) is 55.1 Å². The van der Waals surface area contributed by atoms with Gasteiger partial charge in [-0.2, -0.15) is 0 Å². The fraction of sp³-hybridized carbons (Fsp3) is 0.375. The van der Waals surface area contributed by atoms with E-state index in [-0.39, 0.29) is 6.04 Å². The van der Waals surface area contributed by atoms with Gasteiger partial charge in [0.15, 0.2) is 0 Å². The van der Waals surface area contributed by atoms with Gasteiger partial charge in [0.05, 0.1) is 12.6 Å². The third-order valence-corrected chi connectivity index (χ3v) is 4.94. The van der Waals surface area contributed by atoms with Crippen molar-refractivity contribution in [1.82, 2.24) is 5.32 Å². The van der Waals surface area contributed by atoms with Crippen molar-refractivity contribution in [2.24, 2.45) is 0 Å². The number of thiophene rings is 1. The largest absolute Gasteiger partial charge is 0.494 e. The first-order valence-corrected chi connectivity index (χ1v) is 8.54. The Balaban J connectivity index is 2.37. The molecule has 1 heterocycles. The van der Waals surface area contributed by atoms with E-state index in [0.29, 0.717) is 6.61 Å². The highest BCUT2D eigenvalue weighted by atomic mass is 79.9. The topological polar surface area (TPSA) is 21.3 Å². The monoisotopic (exact) mass is 353 g/mol. The SMILES string of the molecule is CCNC(c1ccc(OCC)cc1Br)c1sccc1C. The minimum Gasteiger partial charge on any atom is -0.494 e. The first-order chi connectivity index (χ1) is 9.67. The van der Waals surface area contributed by atoms with Gasteiger partial charge in [0.2, 0.25) is 0 Å². The fourth-order valence-electron chi connectivity index (χ4n) is 2.23. The number of hydrogen-bond acceptors (Lipinski definition) is 3. The summed E-state index contributed by atoms with van der Waals surface area (Å²) < 4.78 is 6.63. The highest BCUT2D eigenvalue weighted by Gasteiger charge is 2.19. The van der Waals surface area contributed by atoms with Gasteiger partial charge < -0.3 is 10.1 Å². The van der Waals surface area contributed by atoms with E-state index < -0.39 is 0 Å². The van der Waals surface area contributed by atoms with Crippen LogP contribution in [0.15, 0.2) is 34.1 Å². The molecule has 20 heavy (non-hydrogen) atoms. The molecule has 0 fully saturated rings. The summed E-state index contributed by atoms with van der Waals surface area (Å²) in [5, 5.41) is 5.72. The lowest BCUT2D eigenvalue weighted by Crippen LogP contribution is -2.22. The molecular weight excluding hydrogens is 334 g/mol. The van der Waals surface area contributed by atoms with Crippen LogP contribution in [-0.2, 0) is 0 Å². The van der Waals surface area contributed by atoms with Crippen molar-refractivity contribution in [3.63, 3.8) is 0 Å². The average Bonchev–Trinajstić information content (AvgIpc) is 2.83. The van der Waals surface area contributed by atoms with Gasteiger partial charge in [-0.25, -0.2) is 0 Å². The van der Waals surface area contributed by atoms with Crippen LogP contribution in [0.1, 0.15) is 35.9 Å². The molecule has 0 radical (unpaired) electrons. The van der Waals surface area contributed by atoms with Crippen LogP contribution in [0.3, 0.4) is 0 Å². The van der Waals surface area contributed by atoms with Crippen molar-refractivity contribution in [3.8, 4) is 5.75 Å². The molecule has 1 atom stereocenters. The minimum absolute atomic E-state index is 0.227. The fourth-order valence-corrected chi connectivity index (χ4v) is 3.83. The van der Waals surface area contributed by atoms with E-state index in [9.17, 15) is 0 Å². The summed E-state index contributed by atoms with van der Waals surface area (Å²) in [7, 11) is 0. The van der Waals surface area contributed by atoms with Gasteiger partial charge in [-0.3, -0.25) is 0 Å². The van der Waals surface area contributed by atoms with E-state index >= 15 is 0 Å². The molecule has 1 N–H and O–H groups in total.